The highest BCUT2D eigenvalue weighted by Gasteiger charge is 2.14. The molecule has 1 unspecified atom stereocenters. The lowest BCUT2D eigenvalue weighted by Crippen LogP contribution is -2.37. The molecule has 0 saturated heterocycles. The van der Waals surface area contributed by atoms with E-state index in [4.69, 9.17) is 10.8 Å². The van der Waals surface area contributed by atoms with Crippen molar-refractivity contribution in [1.29, 1.82) is 0 Å². The SMILES string of the molecule is CCCCC(NCCCN)C(=O)O. The zero-order valence-corrected chi connectivity index (χ0v) is 8.25. The highest BCUT2D eigenvalue weighted by molar-refractivity contribution is 5.73. The highest BCUT2D eigenvalue weighted by atomic mass is 16.4. The Hall–Kier alpha value is -0.610. The average Bonchev–Trinajstić information content (AvgIpc) is 2.10. The number of carbonyl (C=O) groups is 1. The molecule has 13 heavy (non-hydrogen) atoms. The fourth-order valence-corrected chi connectivity index (χ4v) is 1.10. The van der Waals surface area contributed by atoms with Crippen molar-refractivity contribution >= 4 is 5.97 Å². The zero-order chi connectivity index (χ0) is 10.1. The Balaban J connectivity index is 3.61. The molecule has 0 rings (SSSR count). The fourth-order valence-electron chi connectivity index (χ4n) is 1.10. The molecule has 4 N–H and O–H groups in total. The van der Waals surface area contributed by atoms with Crippen molar-refractivity contribution < 1.29 is 9.90 Å². The van der Waals surface area contributed by atoms with Gasteiger partial charge < -0.3 is 16.2 Å². The number of nitrogens with one attached hydrogen (secondary N) is 1. The van der Waals surface area contributed by atoms with E-state index in [2.05, 4.69) is 12.2 Å². The summed E-state index contributed by atoms with van der Waals surface area (Å²) in [7, 11) is 0. The first-order chi connectivity index (χ1) is 6.22. The van der Waals surface area contributed by atoms with Gasteiger partial charge in [0.2, 0.25) is 0 Å². The number of carboxylic acids is 1. The Kier molecular flexibility index (Phi) is 7.63. The minimum atomic E-state index is -0.759. The van der Waals surface area contributed by atoms with Crippen molar-refractivity contribution in [3.05, 3.63) is 0 Å². The summed E-state index contributed by atoms with van der Waals surface area (Å²) >= 11 is 0. The second-order valence-corrected chi connectivity index (χ2v) is 3.13. The minimum absolute atomic E-state index is 0.397. The topological polar surface area (TPSA) is 75.3 Å². The third kappa shape index (κ3) is 6.54. The van der Waals surface area contributed by atoms with Gasteiger partial charge in [-0.05, 0) is 25.9 Å². The summed E-state index contributed by atoms with van der Waals surface area (Å²) in [5.74, 6) is -0.759. The lowest BCUT2D eigenvalue weighted by Gasteiger charge is -2.13. The molecule has 4 nitrogen and oxygen atoms in total. The van der Waals surface area contributed by atoms with Gasteiger partial charge in [-0.3, -0.25) is 4.79 Å². The van der Waals surface area contributed by atoms with Gasteiger partial charge in [0, 0.05) is 0 Å². The molecule has 0 aliphatic rings. The van der Waals surface area contributed by atoms with Crippen LogP contribution in [0.5, 0.6) is 0 Å². The molecular formula is C9H20N2O2. The van der Waals surface area contributed by atoms with Gasteiger partial charge in [-0.25, -0.2) is 0 Å². The summed E-state index contributed by atoms with van der Waals surface area (Å²) in [5.41, 5.74) is 5.30. The smallest absolute Gasteiger partial charge is 0.320 e. The number of nitrogens with two attached hydrogens (primary N) is 1. The van der Waals surface area contributed by atoms with Crippen LogP contribution in [0.25, 0.3) is 0 Å². The quantitative estimate of drug-likeness (QED) is 0.487. The second kappa shape index (κ2) is 8.01. The van der Waals surface area contributed by atoms with Crippen LogP contribution in [0.4, 0.5) is 0 Å². The molecule has 1 atom stereocenters. The fraction of sp³-hybridized carbons (Fsp3) is 0.889. The van der Waals surface area contributed by atoms with Gasteiger partial charge in [-0.2, -0.15) is 0 Å². The van der Waals surface area contributed by atoms with E-state index in [0.29, 0.717) is 19.5 Å². The van der Waals surface area contributed by atoms with Crippen LogP contribution in [-0.2, 0) is 4.79 Å². The number of hydrogen-bond donors (Lipinski definition) is 3. The molecular weight excluding hydrogens is 168 g/mol. The Bertz CT molecular complexity index is 140. The van der Waals surface area contributed by atoms with Gasteiger partial charge in [0.15, 0.2) is 0 Å². The van der Waals surface area contributed by atoms with E-state index >= 15 is 0 Å². The van der Waals surface area contributed by atoms with E-state index in [1.54, 1.807) is 0 Å². The van der Waals surface area contributed by atoms with Crippen LogP contribution >= 0.6 is 0 Å². The van der Waals surface area contributed by atoms with Gasteiger partial charge in [-0.15, -0.1) is 0 Å². The molecule has 0 amide bonds. The van der Waals surface area contributed by atoms with Crippen LogP contribution in [0.2, 0.25) is 0 Å². The number of rotatable bonds is 8. The van der Waals surface area contributed by atoms with E-state index < -0.39 is 12.0 Å². The van der Waals surface area contributed by atoms with Crippen LogP contribution in [0.1, 0.15) is 32.6 Å². The third-order valence-electron chi connectivity index (χ3n) is 1.92. The van der Waals surface area contributed by atoms with Crippen LogP contribution in [0, 0.1) is 0 Å². The molecule has 0 aromatic rings. The number of hydrogen-bond acceptors (Lipinski definition) is 3. The monoisotopic (exact) mass is 188 g/mol. The molecule has 0 aromatic carbocycles. The first kappa shape index (κ1) is 12.4. The first-order valence-electron chi connectivity index (χ1n) is 4.88. The molecule has 78 valence electrons. The number of aliphatic carboxylic acids is 1. The van der Waals surface area contributed by atoms with Gasteiger partial charge in [0.25, 0.3) is 0 Å². The van der Waals surface area contributed by atoms with Gasteiger partial charge in [0.05, 0.1) is 0 Å². The van der Waals surface area contributed by atoms with Crippen molar-refractivity contribution in [2.45, 2.75) is 38.6 Å². The van der Waals surface area contributed by atoms with Crippen LogP contribution < -0.4 is 11.1 Å². The molecule has 0 aliphatic heterocycles. The van der Waals surface area contributed by atoms with Crippen molar-refractivity contribution in [2.75, 3.05) is 13.1 Å². The third-order valence-corrected chi connectivity index (χ3v) is 1.92. The summed E-state index contributed by atoms with van der Waals surface area (Å²) in [6.07, 6.45) is 3.52. The molecule has 4 heteroatoms. The standard InChI is InChI=1S/C9H20N2O2/c1-2-3-5-8(9(12)13)11-7-4-6-10/h8,11H,2-7,10H2,1H3,(H,12,13). The summed E-state index contributed by atoms with van der Waals surface area (Å²) < 4.78 is 0. The summed E-state index contributed by atoms with van der Waals surface area (Å²) in [6, 6.07) is -0.397. The predicted molar refractivity (Wildman–Crippen MR) is 52.6 cm³/mol. The summed E-state index contributed by atoms with van der Waals surface area (Å²) in [6.45, 7) is 3.35. The second-order valence-electron chi connectivity index (χ2n) is 3.13. The highest BCUT2D eigenvalue weighted by Crippen LogP contribution is 2.00. The summed E-state index contributed by atoms with van der Waals surface area (Å²) in [4.78, 5) is 10.7. The molecule has 0 heterocycles. The maximum absolute atomic E-state index is 10.7. The molecule has 0 saturated carbocycles. The Labute approximate surface area is 79.5 Å². The largest absolute Gasteiger partial charge is 0.480 e. The molecule has 0 aromatic heterocycles. The number of unbranched alkanes of at least 4 members (excludes halogenated alkanes) is 1. The minimum Gasteiger partial charge on any atom is -0.480 e. The molecule has 0 bridgehead atoms. The van der Waals surface area contributed by atoms with Crippen molar-refractivity contribution in [3.63, 3.8) is 0 Å². The van der Waals surface area contributed by atoms with E-state index in [0.717, 1.165) is 19.3 Å². The predicted octanol–water partition coefficient (Wildman–Crippen LogP) is 0.568. The van der Waals surface area contributed by atoms with E-state index in [-0.39, 0.29) is 0 Å². The average molecular weight is 188 g/mol. The maximum Gasteiger partial charge on any atom is 0.320 e. The van der Waals surface area contributed by atoms with Crippen molar-refractivity contribution in [3.8, 4) is 0 Å². The lowest BCUT2D eigenvalue weighted by molar-refractivity contribution is -0.139. The van der Waals surface area contributed by atoms with Gasteiger partial charge in [-0.1, -0.05) is 19.8 Å². The normalized spacial score (nSPS) is 12.8. The Morgan fingerprint density at radius 1 is 1.54 bits per heavy atom. The van der Waals surface area contributed by atoms with Crippen LogP contribution in [-0.4, -0.2) is 30.2 Å². The summed E-state index contributed by atoms with van der Waals surface area (Å²) in [5, 5.41) is 11.8. The molecule has 0 spiro atoms. The zero-order valence-electron chi connectivity index (χ0n) is 8.25. The van der Waals surface area contributed by atoms with Crippen LogP contribution in [0.15, 0.2) is 0 Å². The van der Waals surface area contributed by atoms with Gasteiger partial charge in [0.1, 0.15) is 6.04 Å². The Morgan fingerprint density at radius 2 is 2.23 bits per heavy atom. The first-order valence-corrected chi connectivity index (χ1v) is 4.88. The molecule has 0 fully saturated rings. The molecule has 0 aliphatic carbocycles. The van der Waals surface area contributed by atoms with E-state index in [1.165, 1.54) is 0 Å². The van der Waals surface area contributed by atoms with Crippen molar-refractivity contribution in [2.24, 2.45) is 5.73 Å². The van der Waals surface area contributed by atoms with E-state index in [9.17, 15) is 4.79 Å². The van der Waals surface area contributed by atoms with Crippen LogP contribution in [0.3, 0.4) is 0 Å². The molecule has 0 radical (unpaired) electrons. The van der Waals surface area contributed by atoms with Crippen molar-refractivity contribution in [1.82, 2.24) is 5.32 Å². The van der Waals surface area contributed by atoms with E-state index in [1.807, 2.05) is 0 Å². The van der Waals surface area contributed by atoms with Gasteiger partial charge >= 0.3 is 5.97 Å². The number of carboxylic acid groups (broad SMARTS) is 1. The lowest BCUT2D eigenvalue weighted by atomic mass is 10.1. The Morgan fingerprint density at radius 3 is 2.69 bits per heavy atom. The maximum atomic E-state index is 10.7.